The van der Waals surface area contributed by atoms with E-state index in [1.54, 1.807) is 11.0 Å². The van der Waals surface area contributed by atoms with Gasteiger partial charge in [-0.2, -0.15) is 0 Å². The Morgan fingerprint density at radius 2 is 1.79 bits per heavy atom. The summed E-state index contributed by atoms with van der Waals surface area (Å²) in [7, 11) is 0. The normalized spacial score (nSPS) is 22.4. The van der Waals surface area contributed by atoms with Crippen LogP contribution >= 0.6 is 0 Å². The van der Waals surface area contributed by atoms with Gasteiger partial charge in [-0.3, -0.25) is 14.5 Å². The number of aromatic nitrogens is 1. The number of fused-ring (bicyclic) bond motifs is 5. The van der Waals surface area contributed by atoms with Crippen LogP contribution in [0, 0.1) is 6.92 Å². The Hall–Kier alpha value is -3.69. The number of hydrogen-bond acceptors (Lipinski definition) is 7. The van der Waals surface area contributed by atoms with Crippen molar-refractivity contribution in [1.82, 2.24) is 20.3 Å². The second-order valence-electron chi connectivity index (χ2n) is 10.5. The van der Waals surface area contributed by atoms with Crippen molar-refractivity contribution in [1.29, 1.82) is 0 Å². The van der Waals surface area contributed by atoms with E-state index < -0.39 is 0 Å². The minimum Gasteiger partial charge on any atom is -0.457 e. The first-order valence-corrected chi connectivity index (χ1v) is 13.2. The molecule has 1 saturated carbocycles. The molecule has 0 spiro atoms. The number of amides is 2. The monoisotopic (exact) mass is 516 g/mol. The smallest absolute Gasteiger partial charge is 0.234 e. The number of carbonyl (C=O) groups is 2. The molecule has 0 radical (unpaired) electrons. The van der Waals surface area contributed by atoms with E-state index in [-0.39, 0.29) is 30.4 Å². The molecule has 3 aliphatic rings. The van der Waals surface area contributed by atoms with Crippen LogP contribution in [0.5, 0.6) is 11.5 Å². The first-order valence-electron chi connectivity index (χ1n) is 13.2. The molecule has 9 heteroatoms. The van der Waals surface area contributed by atoms with Crippen molar-refractivity contribution < 1.29 is 23.6 Å². The summed E-state index contributed by atoms with van der Waals surface area (Å²) in [6.45, 7) is 3.91. The van der Waals surface area contributed by atoms with Gasteiger partial charge in [-0.15, -0.1) is 0 Å². The molecule has 1 aliphatic carbocycles. The van der Waals surface area contributed by atoms with Gasteiger partial charge >= 0.3 is 0 Å². The number of carbonyl (C=O) groups excluding carboxylic acids is 2. The number of hydrogen-bond donors (Lipinski definition) is 1. The van der Waals surface area contributed by atoms with Crippen molar-refractivity contribution in [3.8, 4) is 11.5 Å². The van der Waals surface area contributed by atoms with Crippen molar-refractivity contribution in [2.45, 2.75) is 57.5 Å². The van der Waals surface area contributed by atoms with Crippen LogP contribution in [0.15, 0.2) is 59.1 Å². The molecule has 1 saturated heterocycles. The molecule has 2 fully saturated rings. The Balaban J connectivity index is 1.23. The predicted octanol–water partition coefficient (Wildman–Crippen LogP) is 3.21. The van der Waals surface area contributed by atoms with Crippen molar-refractivity contribution in [3.63, 3.8) is 0 Å². The number of rotatable bonds is 3. The molecule has 2 aromatic carbocycles. The number of benzene rings is 2. The molecule has 38 heavy (non-hydrogen) atoms. The molecule has 198 valence electrons. The van der Waals surface area contributed by atoms with Gasteiger partial charge in [0.05, 0.1) is 37.4 Å². The number of aryl methyl sites for hydroxylation is 1. The summed E-state index contributed by atoms with van der Waals surface area (Å²) >= 11 is 0. The first-order chi connectivity index (χ1) is 18.5. The van der Waals surface area contributed by atoms with Crippen molar-refractivity contribution in [3.05, 3.63) is 77.2 Å². The van der Waals surface area contributed by atoms with Crippen LogP contribution in [0.25, 0.3) is 0 Å². The zero-order valence-corrected chi connectivity index (χ0v) is 21.5. The van der Waals surface area contributed by atoms with Crippen molar-refractivity contribution in [2.75, 3.05) is 19.6 Å². The largest absolute Gasteiger partial charge is 0.457 e. The van der Waals surface area contributed by atoms with Crippen LogP contribution < -0.4 is 10.1 Å². The Labute approximate surface area is 221 Å². The Kier molecular flexibility index (Phi) is 6.86. The summed E-state index contributed by atoms with van der Waals surface area (Å²) < 4.78 is 17.7. The number of nitrogens with zero attached hydrogens (tertiary/aromatic N) is 3. The second kappa shape index (κ2) is 10.6. The van der Waals surface area contributed by atoms with E-state index >= 15 is 0 Å². The van der Waals surface area contributed by atoms with Gasteiger partial charge in [-0.1, -0.05) is 29.4 Å². The van der Waals surface area contributed by atoms with Crippen LogP contribution in [0.3, 0.4) is 0 Å². The molecular weight excluding hydrogens is 484 g/mol. The average molecular weight is 517 g/mol. The zero-order chi connectivity index (χ0) is 26.1. The zero-order valence-electron chi connectivity index (χ0n) is 21.5. The van der Waals surface area contributed by atoms with Crippen LogP contribution in [-0.4, -0.2) is 64.6 Å². The number of likely N-dealkylation sites (tertiary alicyclic amines) is 1. The molecule has 1 N–H and O–H groups in total. The predicted molar refractivity (Wildman–Crippen MR) is 138 cm³/mol. The minimum absolute atomic E-state index is 0.0582. The standard InChI is InChI=1S/C29H32N4O5/c1-19-10-25(38-31-19)13-29(35)33-15-26-27(16-33)36-18-21-5-3-7-24(12-21)37-23-6-2-4-20(11-23)14-32(22-8-9-22)17-28(34)30-26/h2-7,10-12,22,26-27H,8-9,13-18H2,1H3,(H,30,34)/t26-,27-/m0/s1. The van der Waals surface area contributed by atoms with Gasteiger partial charge in [0.1, 0.15) is 17.3 Å². The number of nitrogens with one attached hydrogen (secondary N) is 1. The number of ether oxygens (including phenoxy) is 2. The van der Waals surface area contributed by atoms with E-state index in [4.69, 9.17) is 14.0 Å². The lowest BCUT2D eigenvalue weighted by molar-refractivity contribution is -0.130. The summed E-state index contributed by atoms with van der Waals surface area (Å²) in [6, 6.07) is 17.7. The highest BCUT2D eigenvalue weighted by Crippen LogP contribution is 2.30. The van der Waals surface area contributed by atoms with Gasteiger partial charge in [-0.25, -0.2) is 0 Å². The van der Waals surface area contributed by atoms with Crippen molar-refractivity contribution >= 4 is 11.8 Å². The SMILES string of the molecule is Cc1cc(CC(=O)N2C[C@@H]3NC(=O)CN(C4CC4)Cc4cccc(c4)Oc4cccc(c4)CO[C@H]3C2)on1. The van der Waals surface area contributed by atoms with E-state index in [9.17, 15) is 9.59 Å². The van der Waals surface area contributed by atoms with Crippen LogP contribution in [0.4, 0.5) is 0 Å². The summed E-state index contributed by atoms with van der Waals surface area (Å²) in [4.78, 5) is 30.3. The molecule has 2 aliphatic heterocycles. The van der Waals surface area contributed by atoms with Crippen LogP contribution in [-0.2, 0) is 33.9 Å². The maximum Gasteiger partial charge on any atom is 0.234 e. The molecule has 1 aromatic heterocycles. The lowest BCUT2D eigenvalue weighted by Crippen LogP contribution is -2.48. The quantitative estimate of drug-likeness (QED) is 0.571. The van der Waals surface area contributed by atoms with Gasteiger partial charge in [0, 0.05) is 31.7 Å². The third-order valence-electron chi connectivity index (χ3n) is 7.26. The van der Waals surface area contributed by atoms with Crippen molar-refractivity contribution in [2.24, 2.45) is 0 Å². The highest BCUT2D eigenvalue weighted by Gasteiger charge is 2.38. The Morgan fingerprint density at radius 3 is 2.53 bits per heavy atom. The Morgan fingerprint density at radius 1 is 1.03 bits per heavy atom. The van der Waals surface area contributed by atoms with E-state index in [1.165, 1.54) is 0 Å². The molecular formula is C29H32N4O5. The minimum atomic E-state index is -0.334. The fourth-order valence-corrected chi connectivity index (χ4v) is 5.22. The molecule has 0 unspecified atom stereocenters. The lowest BCUT2D eigenvalue weighted by atomic mass is 10.1. The maximum absolute atomic E-state index is 13.2. The van der Waals surface area contributed by atoms with Crippen LogP contribution in [0.1, 0.15) is 35.4 Å². The third-order valence-corrected chi connectivity index (χ3v) is 7.26. The Bertz CT molecular complexity index is 1320. The molecule has 6 rings (SSSR count). The second-order valence-corrected chi connectivity index (χ2v) is 10.5. The van der Waals surface area contributed by atoms with Gasteiger partial charge in [-0.05, 0) is 55.2 Å². The van der Waals surface area contributed by atoms with Gasteiger partial charge < -0.3 is 24.2 Å². The molecule has 2 amide bonds. The first kappa shape index (κ1) is 24.6. The fraction of sp³-hybridized carbons (Fsp3) is 0.414. The molecule has 3 aromatic rings. The van der Waals surface area contributed by atoms with Gasteiger partial charge in [0.25, 0.3) is 0 Å². The van der Waals surface area contributed by atoms with E-state index in [1.807, 2.05) is 49.4 Å². The highest BCUT2D eigenvalue weighted by molar-refractivity contribution is 5.80. The van der Waals surface area contributed by atoms with E-state index in [2.05, 4.69) is 21.4 Å². The fourth-order valence-electron chi connectivity index (χ4n) is 5.22. The van der Waals surface area contributed by atoms with Gasteiger partial charge in [0.15, 0.2) is 0 Å². The molecule has 4 bridgehead atoms. The van der Waals surface area contributed by atoms with Gasteiger partial charge in [0.2, 0.25) is 11.8 Å². The summed E-state index contributed by atoms with van der Waals surface area (Å²) in [6.07, 6.45) is 1.98. The molecule has 9 nitrogen and oxygen atoms in total. The van der Waals surface area contributed by atoms with E-state index in [0.717, 1.165) is 41.2 Å². The maximum atomic E-state index is 13.2. The average Bonchev–Trinajstić information content (AvgIpc) is 3.55. The lowest BCUT2D eigenvalue weighted by Gasteiger charge is -2.25. The summed E-state index contributed by atoms with van der Waals surface area (Å²) in [5.74, 6) is 1.90. The summed E-state index contributed by atoms with van der Waals surface area (Å²) in [5, 5.41) is 7.05. The highest BCUT2D eigenvalue weighted by atomic mass is 16.5. The topological polar surface area (TPSA) is 97.1 Å². The summed E-state index contributed by atoms with van der Waals surface area (Å²) in [5.41, 5.74) is 2.80. The molecule has 2 atom stereocenters. The van der Waals surface area contributed by atoms with Crippen LogP contribution in [0.2, 0.25) is 0 Å². The third kappa shape index (κ3) is 5.89. The molecule has 3 heterocycles. The van der Waals surface area contributed by atoms with E-state index in [0.29, 0.717) is 44.6 Å².